The molecule has 11 nitrogen and oxygen atoms in total. The highest BCUT2D eigenvalue weighted by Gasteiger charge is 2.29. The number of nitrogens with one attached hydrogen (secondary N) is 2. The van der Waals surface area contributed by atoms with E-state index in [0.717, 1.165) is 37.2 Å². The summed E-state index contributed by atoms with van der Waals surface area (Å²) in [6.07, 6.45) is 0.916. The Hall–Kier alpha value is -4.42. The third-order valence-electron chi connectivity index (χ3n) is 7.42. The molecule has 0 aliphatic carbocycles. The Morgan fingerprint density at radius 1 is 1.00 bits per heavy atom. The van der Waals surface area contributed by atoms with E-state index < -0.39 is 28.0 Å². The molecule has 2 aromatic carbocycles. The van der Waals surface area contributed by atoms with Crippen LogP contribution in [0.5, 0.6) is 0 Å². The quantitative estimate of drug-likeness (QED) is 0.241. The highest BCUT2D eigenvalue weighted by atomic mass is 32.2. The summed E-state index contributed by atoms with van der Waals surface area (Å²) >= 11 is 0. The van der Waals surface area contributed by atoms with Crippen LogP contribution in [0.3, 0.4) is 0 Å². The molecule has 1 atom stereocenters. The first-order valence-electron chi connectivity index (χ1n) is 14.7. The van der Waals surface area contributed by atoms with Crippen LogP contribution in [0.1, 0.15) is 59.7 Å². The fraction of sp³-hybridized carbons (Fsp3) is 0.344. The second kappa shape index (κ2) is 13.1. The zero-order valence-corrected chi connectivity index (χ0v) is 26.1. The number of carbonyl (C=O) groups is 2. The van der Waals surface area contributed by atoms with Gasteiger partial charge in [-0.1, -0.05) is 32.0 Å². The number of esters is 1. The number of pyridine rings is 1. The van der Waals surface area contributed by atoms with Gasteiger partial charge in [0.15, 0.2) is 6.10 Å². The van der Waals surface area contributed by atoms with Gasteiger partial charge in [0.2, 0.25) is 5.95 Å². The maximum atomic E-state index is 13.7. The van der Waals surface area contributed by atoms with Crippen molar-refractivity contribution in [2.24, 2.45) is 0 Å². The zero-order chi connectivity index (χ0) is 31.4. The van der Waals surface area contributed by atoms with E-state index in [2.05, 4.69) is 31.8 Å². The van der Waals surface area contributed by atoms with Gasteiger partial charge in [-0.15, -0.1) is 0 Å². The summed E-state index contributed by atoms with van der Waals surface area (Å²) in [5.41, 5.74) is 4.52. The topological polar surface area (TPSA) is 143 Å². The molecule has 2 N–H and O–H groups in total. The van der Waals surface area contributed by atoms with E-state index in [9.17, 15) is 18.0 Å². The van der Waals surface area contributed by atoms with Crippen LogP contribution in [0.4, 0.5) is 11.6 Å². The molecule has 4 aromatic rings. The molecule has 1 aliphatic rings. The molecule has 1 amide bonds. The standard InChI is InChI=1S/C32H36N6O5S/c1-5-16-38-17-15-27-25(19-38)29(24-9-7-8-10-26(24)36-27)31(40)43-28(6-2)30(39)35-22-11-13-23(14-12-22)44(41,42)37-32-33-20(3)18-21(4)34-32/h7-14,18,28H,5-6,15-17,19H2,1-4H3,(H,35,39)(H,33,34,37). The van der Waals surface area contributed by atoms with E-state index in [1.165, 1.54) is 24.3 Å². The van der Waals surface area contributed by atoms with E-state index in [1.807, 2.05) is 24.3 Å². The van der Waals surface area contributed by atoms with Crippen molar-refractivity contribution in [1.29, 1.82) is 0 Å². The van der Waals surface area contributed by atoms with Crippen molar-refractivity contribution < 1.29 is 22.7 Å². The summed E-state index contributed by atoms with van der Waals surface area (Å²) in [4.78, 5) is 42.3. The average Bonchev–Trinajstić information content (AvgIpc) is 2.98. The highest BCUT2D eigenvalue weighted by molar-refractivity contribution is 7.92. The average molecular weight is 617 g/mol. The van der Waals surface area contributed by atoms with Crippen LogP contribution in [-0.4, -0.2) is 59.3 Å². The Labute approximate surface area is 257 Å². The number of hydrogen-bond acceptors (Lipinski definition) is 9. The molecular formula is C32H36N6O5S. The summed E-state index contributed by atoms with van der Waals surface area (Å²) in [5, 5.41) is 3.44. The van der Waals surface area contributed by atoms with Gasteiger partial charge in [-0.3, -0.25) is 14.7 Å². The summed E-state index contributed by atoms with van der Waals surface area (Å²) in [6, 6.07) is 14.9. The highest BCUT2D eigenvalue weighted by Crippen LogP contribution is 2.29. The van der Waals surface area contributed by atoms with Crippen molar-refractivity contribution in [3.63, 3.8) is 0 Å². The molecule has 0 spiro atoms. The number of ether oxygens (including phenoxy) is 1. The fourth-order valence-corrected chi connectivity index (χ4v) is 6.33. The van der Waals surface area contributed by atoms with E-state index >= 15 is 0 Å². The number of aromatic nitrogens is 3. The Balaban J connectivity index is 1.31. The van der Waals surface area contributed by atoms with Gasteiger partial charge < -0.3 is 10.1 Å². The Morgan fingerprint density at radius 3 is 2.39 bits per heavy atom. The predicted molar refractivity (Wildman–Crippen MR) is 168 cm³/mol. The van der Waals surface area contributed by atoms with Crippen molar-refractivity contribution in [2.75, 3.05) is 23.1 Å². The number of anilines is 2. The lowest BCUT2D eigenvalue weighted by Crippen LogP contribution is -2.35. The number of amides is 1. The fourth-order valence-electron chi connectivity index (χ4n) is 5.39. The molecule has 2 aromatic heterocycles. The number of sulfonamides is 1. The summed E-state index contributed by atoms with van der Waals surface area (Å²) in [6.45, 7) is 9.76. The molecule has 44 heavy (non-hydrogen) atoms. The van der Waals surface area contributed by atoms with Crippen molar-refractivity contribution >= 4 is 44.4 Å². The van der Waals surface area contributed by atoms with Gasteiger partial charge in [0.25, 0.3) is 15.9 Å². The molecule has 1 unspecified atom stereocenters. The predicted octanol–water partition coefficient (Wildman–Crippen LogP) is 4.78. The maximum Gasteiger partial charge on any atom is 0.340 e. The monoisotopic (exact) mass is 616 g/mol. The molecule has 12 heteroatoms. The molecule has 5 rings (SSSR count). The molecule has 230 valence electrons. The first-order valence-corrected chi connectivity index (χ1v) is 16.2. The number of benzene rings is 2. The van der Waals surface area contributed by atoms with Crippen LogP contribution in [-0.2, 0) is 32.5 Å². The van der Waals surface area contributed by atoms with Gasteiger partial charge in [0, 0.05) is 53.2 Å². The number of carbonyl (C=O) groups excluding carboxylic acids is 2. The van der Waals surface area contributed by atoms with Gasteiger partial charge in [-0.05, 0) is 69.6 Å². The largest absolute Gasteiger partial charge is 0.449 e. The molecule has 0 radical (unpaired) electrons. The van der Waals surface area contributed by atoms with Crippen molar-refractivity contribution in [3.8, 4) is 0 Å². The number of hydrogen-bond donors (Lipinski definition) is 2. The van der Waals surface area contributed by atoms with Gasteiger partial charge in [-0.25, -0.2) is 27.9 Å². The molecule has 0 saturated carbocycles. The number of nitrogens with zero attached hydrogens (tertiary/aromatic N) is 4. The van der Waals surface area contributed by atoms with Gasteiger partial charge in [0.05, 0.1) is 16.0 Å². The second-order valence-corrected chi connectivity index (χ2v) is 12.5. The number of aryl methyl sites for hydroxylation is 2. The minimum Gasteiger partial charge on any atom is -0.449 e. The summed E-state index contributed by atoms with van der Waals surface area (Å²) in [7, 11) is -3.96. The maximum absolute atomic E-state index is 13.7. The molecule has 1 aliphatic heterocycles. The van der Waals surface area contributed by atoms with Gasteiger partial charge in [0.1, 0.15) is 0 Å². The third-order valence-corrected chi connectivity index (χ3v) is 8.77. The smallest absolute Gasteiger partial charge is 0.340 e. The van der Waals surface area contributed by atoms with Crippen LogP contribution >= 0.6 is 0 Å². The van der Waals surface area contributed by atoms with Crippen LogP contribution < -0.4 is 10.0 Å². The number of fused-ring (bicyclic) bond motifs is 2. The van der Waals surface area contributed by atoms with Crippen molar-refractivity contribution in [2.45, 2.75) is 64.5 Å². The van der Waals surface area contributed by atoms with E-state index in [4.69, 9.17) is 9.72 Å². The normalized spacial score (nSPS) is 14.1. The van der Waals surface area contributed by atoms with Gasteiger partial charge >= 0.3 is 5.97 Å². The Kier molecular flexibility index (Phi) is 9.21. The Bertz CT molecular complexity index is 1790. The van der Waals surface area contributed by atoms with E-state index in [-0.39, 0.29) is 17.3 Å². The lowest BCUT2D eigenvalue weighted by atomic mass is 9.95. The molecule has 0 fully saturated rings. The number of rotatable bonds is 10. The van der Waals surface area contributed by atoms with Crippen LogP contribution in [0.2, 0.25) is 0 Å². The minimum atomic E-state index is -3.96. The summed E-state index contributed by atoms with van der Waals surface area (Å²) < 4.78 is 34.0. The number of para-hydroxylation sites is 1. The molecule has 0 bridgehead atoms. The van der Waals surface area contributed by atoms with E-state index in [0.29, 0.717) is 40.1 Å². The van der Waals surface area contributed by atoms with Gasteiger partial charge in [-0.2, -0.15) is 0 Å². The molecular weight excluding hydrogens is 580 g/mol. The minimum absolute atomic E-state index is 0.0196. The summed E-state index contributed by atoms with van der Waals surface area (Å²) in [5.74, 6) is -1.10. The van der Waals surface area contributed by atoms with Crippen LogP contribution in [0, 0.1) is 13.8 Å². The van der Waals surface area contributed by atoms with Crippen LogP contribution in [0.25, 0.3) is 10.9 Å². The molecule has 3 heterocycles. The third kappa shape index (κ3) is 6.87. The van der Waals surface area contributed by atoms with Crippen molar-refractivity contribution in [3.05, 3.63) is 82.8 Å². The Morgan fingerprint density at radius 2 is 1.70 bits per heavy atom. The SMILES string of the molecule is CCCN1CCc2nc3ccccc3c(C(=O)OC(CC)C(=O)Nc3ccc(S(=O)(=O)Nc4nc(C)cc(C)n4)cc3)c2C1. The van der Waals surface area contributed by atoms with Crippen molar-refractivity contribution in [1.82, 2.24) is 19.9 Å². The van der Waals surface area contributed by atoms with Crippen LogP contribution in [0.15, 0.2) is 59.5 Å². The van der Waals surface area contributed by atoms with E-state index in [1.54, 1.807) is 26.8 Å². The first kappa shape index (κ1) is 31.0. The lowest BCUT2D eigenvalue weighted by molar-refractivity contribution is -0.124. The zero-order valence-electron chi connectivity index (χ0n) is 25.3. The molecule has 0 saturated heterocycles. The first-order chi connectivity index (χ1) is 21.1. The lowest BCUT2D eigenvalue weighted by Gasteiger charge is -2.30. The second-order valence-electron chi connectivity index (χ2n) is 10.9.